The van der Waals surface area contributed by atoms with Gasteiger partial charge in [0.15, 0.2) is 18.3 Å². The van der Waals surface area contributed by atoms with Crippen LogP contribution in [0.2, 0.25) is 0 Å². The van der Waals surface area contributed by atoms with E-state index in [1.54, 1.807) is 54.7 Å². The van der Waals surface area contributed by atoms with E-state index in [-0.39, 0.29) is 37.8 Å². The Hall–Kier alpha value is -5.29. The summed E-state index contributed by atoms with van der Waals surface area (Å²) in [7, 11) is 1.53. The van der Waals surface area contributed by atoms with Crippen molar-refractivity contribution in [2.24, 2.45) is 0 Å². The minimum Gasteiger partial charge on any atom is -0.496 e. The van der Waals surface area contributed by atoms with Gasteiger partial charge in [-0.3, -0.25) is 4.57 Å². The summed E-state index contributed by atoms with van der Waals surface area (Å²) in [5.41, 5.74) is 2.96. The number of benzene rings is 3. The van der Waals surface area contributed by atoms with E-state index in [1.807, 2.05) is 16.7 Å². The first-order valence-electron chi connectivity index (χ1n) is 14.5. The van der Waals surface area contributed by atoms with Crippen LogP contribution in [-0.4, -0.2) is 52.4 Å². The number of nitrogens with zero attached hydrogens (tertiary/aromatic N) is 2. The van der Waals surface area contributed by atoms with E-state index in [2.05, 4.69) is 11.9 Å². The van der Waals surface area contributed by atoms with Gasteiger partial charge in [0.05, 0.1) is 31.2 Å². The number of hydrogen-bond donors (Lipinski definition) is 2. The summed E-state index contributed by atoms with van der Waals surface area (Å²) < 4.78 is 29.7. The molecule has 45 heavy (non-hydrogen) atoms. The van der Waals surface area contributed by atoms with E-state index in [0.717, 1.165) is 24.4 Å². The highest BCUT2D eigenvalue weighted by atomic mass is 16.7. The van der Waals surface area contributed by atoms with E-state index in [9.17, 15) is 19.8 Å². The fourth-order valence-corrected chi connectivity index (χ4v) is 4.99. The Balaban J connectivity index is 1.35. The molecule has 3 aromatic carbocycles. The number of aromatic carboxylic acids is 1. The zero-order valence-electron chi connectivity index (χ0n) is 25.0. The molecule has 0 bridgehead atoms. The fourth-order valence-electron chi connectivity index (χ4n) is 4.99. The number of ether oxygens (including phenoxy) is 5. The van der Waals surface area contributed by atoms with Crippen LogP contribution in [0.3, 0.4) is 0 Å². The predicted molar refractivity (Wildman–Crippen MR) is 164 cm³/mol. The maximum atomic E-state index is 12.4. The quantitative estimate of drug-likeness (QED) is 0.0943. The van der Waals surface area contributed by atoms with E-state index in [0.29, 0.717) is 46.2 Å². The molecule has 0 fully saturated rings. The Morgan fingerprint density at radius 1 is 1.02 bits per heavy atom. The van der Waals surface area contributed by atoms with E-state index >= 15 is 0 Å². The van der Waals surface area contributed by atoms with Gasteiger partial charge in [-0.2, -0.15) is 0 Å². The Morgan fingerprint density at radius 3 is 2.49 bits per heavy atom. The molecule has 1 aliphatic heterocycles. The molecule has 11 heteroatoms. The molecular formula is C34H34N2O9. The van der Waals surface area contributed by atoms with Gasteiger partial charge in [0.25, 0.3) is 0 Å². The van der Waals surface area contributed by atoms with E-state index < -0.39 is 11.9 Å². The van der Waals surface area contributed by atoms with Crippen molar-refractivity contribution in [3.8, 4) is 28.7 Å². The van der Waals surface area contributed by atoms with Crippen molar-refractivity contribution in [3.63, 3.8) is 0 Å². The van der Waals surface area contributed by atoms with Crippen LogP contribution < -0.4 is 18.9 Å². The summed E-state index contributed by atoms with van der Waals surface area (Å²) in [4.78, 5) is 28.5. The molecule has 0 radical (unpaired) electrons. The number of carbonyl (C=O) groups is 2. The van der Waals surface area contributed by atoms with Gasteiger partial charge in [-0.1, -0.05) is 31.5 Å². The molecule has 0 unspecified atom stereocenters. The smallest absolute Gasteiger partial charge is 0.336 e. The number of carboxylic acids is 2. The first-order valence-corrected chi connectivity index (χ1v) is 14.5. The van der Waals surface area contributed by atoms with Crippen molar-refractivity contribution in [3.05, 3.63) is 101 Å². The molecule has 5 rings (SSSR count). The van der Waals surface area contributed by atoms with Crippen LogP contribution in [0.4, 0.5) is 0 Å². The lowest BCUT2D eigenvalue weighted by molar-refractivity contribution is -0.132. The third kappa shape index (κ3) is 7.44. The number of fused-ring (bicyclic) bond motifs is 1. The first kappa shape index (κ1) is 31.1. The molecule has 1 aliphatic rings. The summed E-state index contributed by atoms with van der Waals surface area (Å²) in [5.74, 6) is 0.890. The maximum absolute atomic E-state index is 12.4. The number of hydrogen-bond acceptors (Lipinski definition) is 8. The average molecular weight is 615 g/mol. The summed E-state index contributed by atoms with van der Waals surface area (Å²) in [5, 5.41) is 19.5. The van der Waals surface area contributed by atoms with Gasteiger partial charge < -0.3 is 33.9 Å². The van der Waals surface area contributed by atoms with E-state index in [4.69, 9.17) is 23.7 Å². The van der Waals surface area contributed by atoms with Crippen LogP contribution in [-0.2, 0) is 29.0 Å². The molecular weight excluding hydrogens is 580 g/mol. The minimum absolute atomic E-state index is 0.0700. The molecule has 234 valence electrons. The maximum Gasteiger partial charge on any atom is 0.336 e. The molecule has 0 atom stereocenters. The van der Waals surface area contributed by atoms with Gasteiger partial charge >= 0.3 is 11.9 Å². The second-order valence-electron chi connectivity index (χ2n) is 10.3. The zero-order chi connectivity index (χ0) is 31.8. The highest BCUT2D eigenvalue weighted by Gasteiger charge is 2.21. The van der Waals surface area contributed by atoms with Gasteiger partial charge in [-0.25, -0.2) is 14.6 Å². The lowest BCUT2D eigenvalue weighted by Crippen LogP contribution is -2.08. The number of imidazole rings is 1. The number of aryl methyl sites for hydroxylation is 1. The molecule has 2 heterocycles. The number of aromatic nitrogens is 2. The third-order valence-electron chi connectivity index (χ3n) is 7.28. The standard InChI is InChI=1S/C34H34N2O9/c1-3-4-9-32-35-18-26(15-24(33(37)38)14-23-16-30-31(45-21-44-30)17-29(23)41-2)36(32)25-10-12-27(13-11-25)43-20-42-19-22-7-5-6-8-28(22)34(39)40/h5-8,10-13,15-18H,3-4,9,14,19-21H2,1-2H3,(H,37,38)(H,39,40)/b24-15+. The number of methoxy groups -OCH3 is 1. The van der Waals surface area contributed by atoms with E-state index in [1.165, 1.54) is 13.2 Å². The highest BCUT2D eigenvalue weighted by Crippen LogP contribution is 2.39. The zero-order valence-corrected chi connectivity index (χ0v) is 25.0. The molecule has 11 nitrogen and oxygen atoms in total. The topological polar surface area (TPSA) is 139 Å². The Kier molecular flexibility index (Phi) is 10.0. The molecule has 0 aliphatic carbocycles. The fraction of sp³-hybridized carbons (Fsp3) is 0.265. The van der Waals surface area contributed by atoms with Crippen LogP contribution in [0.25, 0.3) is 11.8 Å². The Morgan fingerprint density at radius 2 is 1.78 bits per heavy atom. The van der Waals surface area contributed by atoms with Gasteiger partial charge in [-0.15, -0.1) is 0 Å². The van der Waals surface area contributed by atoms with Crippen molar-refractivity contribution in [1.82, 2.24) is 9.55 Å². The van der Waals surface area contributed by atoms with Crippen molar-refractivity contribution >= 4 is 18.0 Å². The van der Waals surface area contributed by atoms with Crippen LogP contribution in [0, 0.1) is 0 Å². The molecule has 4 aromatic rings. The van der Waals surface area contributed by atoms with Crippen molar-refractivity contribution in [2.45, 2.75) is 39.2 Å². The molecule has 1 aromatic heterocycles. The van der Waals surface area contributed by atoms with Gasteiger partial charge in [0, 0.05) is 35.7 Å². The van der Waals surface area contributed by atoms with Crippen LogP contribution in [0.1, 0.15) is 52.8 Å². The Labute approximate surface area is 260 Å². The summed E-state index contributed by atoms with van der Waals surface area (Å²) in [6.45, 7) is 2.22. The second kappa shape index (κ2) is 14.5. The monoisotopic (exact) mass is 614 g/mol. The summed E-state index contributed by atoms with van der Waals surface area (Å²) >= 11 is 0. The van der Waals surface area contributed by atoms with Gasteiger partial charge in [0.1, 0.15) is 17.3 Å². The number of rotatable bonds is 15. The second-order valence-corrected chi connectivity index (χ2v) is 10.3. The highest BCUT2D eigenvalue weighted by molar-refractivity contribution is 5.92. The lowest BCUT2D eigenvalue weighted by atomic mass is 10.0. The number of unbranched alkanes of at least 4 members (excludes halogenated alkanes) is 1. The summed E-state index contributed by atoms with van der Waals surface area (Å²) in [6, 6.07) is 17.4. The van der Waals surface area contributed by atoms with Gasteiger partial charge in [0.2, 0.25) is 6.79 Å². The van der Waals surface area contributed by atoms with Crippen molar-refractivity contribution in [1.29, 1.82) is 0 Å². The largest absolute Gasteiger partial charge is 0.496 e. The molecule has 0 saturated carbocycles. The average Bonchev–Trinajstić information content (AvgIpc) is 3.68. The predicted octanol–water partition coefficient (Wildman–Crippen LogP) is 5.91. The third-order valence-corrected chi connectivity index (χ3v) is 7.28. The molecule has 2 N–H and O–H groups in total. The molecule has 0 amide bonds. The lowest BCUT2D eigenvalue weighted by Gasteiger charge is -2.14. The van der Waals surface area contributed by atoms with Crippen molar-refractivity contribution < 1.29 is 43.5 Å². The van der Waals surface area contributed by atoms with Crippen LogP contribution in [0.5, 0.6) is 23.0 Å². The number of carboxylic acid groups (broad SMARTS) is 2. The van der Waals surface area contributed by atoms with Crippen LogP contribution in [0.15, 0.2) is 72.4 Å². The van der Waals surface area contributed by atoms with Crippen molar-refractivity contribution in [2.75, 3.05) is 20.7 Å². The minimum atomic E-state index is -1.06. The molecule has 0 saturated heterocycles. The van der Waals surface area contributed by atoms with Crippen LogP contribution >= 0.6 is 0 Å². The first-order chi connectivity index (χ1) is 21.9. The normalized spacial score (nSPS) is 12.3. The SMILES string of the molecule is CCCCc1ncc(/C=C(\Cc2cc3c(cc2OC)OCO3)C(=O)O)n1-c1ccc(OCOCc2ccccc2C(=O)O)cc1. The number of aliphatic carboxylic acids is 1. The molecule has 0 spiro atoms. The Bertz CT molecular complexity index is 1690. The summed E-state index contributed by atoms with van der Waals surface area (Å²) in [6.07, 6.45) is 6.01. The van der Waals surface area contributed by atoms with Gasteiger partial charge in [-0.05, 0) is 54.5 Å².